The zero-order valence-electron chi connectivity index (χ0n) is 15.6. The van der Waals surface area contributed by atoms with Crippen LogP contribution in [0.15, 0.2) is 42.5 Å². The molecule has 0 saturated carbocycles. The summed E-state index contributed by atoms with van der Waals surface area (Å²) in [4.78, 5) is 24.2. The lowest BCUT2D eigenvalue weighted by atomic mass is 9.87. The number of amides is 2. The Kier molecular flexibility index (Phi) is 5.62. The van der Waals surface area contributed by atoms with Gasteiger partial charge >= 0.3 is 0 Å². The van der Waals surface area contributed by atoms with Crippen molar-refractivity contribution in [2.75, 3.05) is 11.9 Å². The van der Waals surface area contributed by atoms with Gasteiger partial charge in [-0.3, -0.25) is 9.59 Å². The summed E-state index contributed by atoms with van der Waals surface area (Å²) in [5, 5.41) is 5.44. The molecule has 132 valence electrons. The minimum atomic E-state index is -0.254. The standard InChI is InChI=1S/C21H26N2O2/c1-14-6-11-18(12-15(14)2)23-19(24)13-22-20(25)16-7-9-17(10-8-16)21(3,4)5/h6-12H,13H2,1-5H3,(H,22,25)(H,23,24). The van der Waals surface area contributed by atoms with Crippen LogP contribution in [-0.4, -0.2) is 18.4 Å². The topological polar surface area (TPSA) is 58.2 Å². The molecule has 4 nitrogen and oxygen atoms in total. The molecule has 0 heterocycles. The fraction of sp³-hybridized carbons (Fsp3) is 0.333. The van der Waals surface area contributed by atoms with Gasteiger partial charge in [-0.15, -0.1) is 0 Å². The van der Waals surface area contributed by atoms with Gasteiger partial charge in [0.25, 0.3) is 5.91 Å². The van der Waals surface area contributed by atoms with Crippen molar-refractivity contribution in [2.24, 2.45) is 0 Å². The summed E-state index contributed by atoms with van der Waals surface area (Å²) in [6.07, 6.45) is 0. The maximum atomic E-state index is 12.2. The summed E-state index contributed by atoms with van der Waals surface area (Å²) in [5.74, 6) is -0.501. The second kappa shape index (κ2) is 7.51. The fourth-order valence-electron chi connectivity index (χ4n) is 2.41. The first kappa shape index (κ1) is 18.7. The maximum absolute atomic E-state index is 12.2. The van der Waals surface area contributed by atoms with E-state index < -0.39 is 0 Å². The van der Waals surface area contributed by atoms with Crippen LogP contribution in [0.5, 0.6) is 0 Å². The Labute approximate surface area is 149 Å². The van der Waals surface area contributed by atoms with Crippen LogP contribution in [-0.2, 0) is 10.2 Å². The van der Waals surface area contributed by atoms with E-state index in [0.29, 0.717) is 5.56 Å². The van der Waals surface area contributed by atoms with E-state index >= 15 is 0 Å². The maximum Gasteiger partial charge on any atom is 0.251 e. The number of aryl methyl sites for hydroxylation is 2. The van der Waals surface area contributed by atoms with Gasteiger partial charge in [0.05, 0.1) is 6.54 Å². The van der Waals surface area contributed by atoms with Gasteiger partial charge < -0.3 is 10.6 Å². The van der Waals surface area contributed by atoms with Gasteiger partial charge in [0, 0.05) is 11.3 Å². The van der Waals surface area contributed by atoms with Gasteiger partial charge in [-0.25, -0.2) is 0 Å². The number of carbonyl (C=O) groups excluding carboxylic acids is 2. The zero-order valence-corrected chi connectivity index (χ0v) is 15.6. The number of benzene rings is 2. The van der Waals surface area contributed by atoms with Crippen molar-refractivity contribution >= 4 is 17.5 Å². The summed E-state index contributed by atoms with van der Waals surface area (Å²) < 4.78 is 0. The molecule has 4 heteroatoms. The van der Waals surface area contributed by atoms with Crippen LogP contribution in [0.3, 0.4) is 0 Å². The zero-order chi connectivity index (χ0) is 18.6. The van der Waals surface area contributed by atoms with Gasteiger partial charge in [0.1, 0.15) is 0 Å². The number of rotatable bonds is 4. The van der Waals surface area contributed by atoms with Crippen molar-refractivity contribution < 1.29 is 9.59 Å². The van der Waals surface area contributed by atoms with Gasteiger partial charge in [-0.2, -0.15) is 0 Å². The molecule has 0 unspecified atom stereocenters. The average Bonchev–Trinajstić information content (AvgIpc) is 2.55. The molecule has 0 spiro atoms. The van der Waals surface area contributed by atoms with Gasteiger partial charge in [0.15, 0.2) is 0 Å². The van der Waals surface area contributed by atoms with E-state index in [4.69, 9.17) is 0 Å². The number of hydrogen-bond acceptors (Lipinski definition) is 2. The molecule has 2 amide bonds. The monoisotopic (exact) mass is 338 g/mol. The quantitative estimate of drug-likeness (QED) is 0.886. The largest absolute Gasteiger partial charge is 0.343 e. The minimum absolute atomic E-state index is 0.0427. The van der Waals surface area contributed by atoms with Crippen LogP contribution >= 0.6 is 0 Å². The van der Waals surface area contributed by atoms with Crippen molar-refractivity contribution in [1.29, 1.82) is 0 Å². The van der Waals surface area contributed by atoms with Crippen molar-refractivity contribution in [1.82, 2.24) is 5.32 Å². The lowest BCUT2D eigenvalue weighted by molar-refractivity contribution is -0.115. The molecule has 0 radical (unpaired) electrons. The average molecular weight is 338 g/mol. The molecule has 0 aliphatic rings. The predicted octanol–water partition coefficient (Wildman–Crippen LogP) is 3.97. The normalized spacial score (nSPS) is 11.1. The molecule has 2 N–H and O–H groups in total. The first-order valence-corrected chi connectivity index (χ1v) is 8.42. The van der Waals surface area contributed by atoms with Crippen LogP contribution in [0.25, 0.3) is 0 Å². The highest BCUT2D eigenvalue weighted by molar-refractivity contribution is 5.99. The molecule has 0 aromatic heterocycles. The van der Waals surface area contributed by atoms with E-state index in [1.165, 1.54) is 5.56 Å². The third-order valence-electron chi connectivity index (χ3n) is 4.21. The number of hydrogen-bond donors (Lipinski definition) is 2. The molecule has 0 saturated heterocycles. The minimum Gasteiger partial charge on any atom is -0.343 e. The Balaban J connectivity index is 1.90. The molecule has 0 bridgehead atoms. The van der Waals surface area contributed by atoms with Gasteiger partial charge in [0.2, 0.25) is 5.91 Å². The Morgan fingerprint density at radius 3 is 2.12 bits per heavy atom. The molecular formula is C21H26N2O2. The third-order valence-corrected chi connectivity index (χ3v) is 4.21. The molecule has 2 rings (SSSR count). The van der Waals surface area contributed by atoms with Crippen molar-refractivity contribution in [3.63, 3.8) is 0 Å². The second-order valence-electron chi connectivity index (χ2n) is 7.36. The molecular weight excluding hydrogens is 312 g/mol. The summed E-state index contributed by atoms with van der Waals surface area (Å²) in [6, 6.07) is 13.2. The first-order chi connectivity index (χ1) is 11.7. The second-order valence-corrected chi connectivity index (χ2v) is 7.36. The number of carbonyl (C=O) groups is 2. The Hall–Kier alpha value is -2.62. The third kappa shape index (κ3) is 5.18. The van der Waals surface area contributed by atoms with Crippen molar-refractivity contribution in [2.45, 2.75) is 40.0 Å². The highest BCUT2D eigenvalue weighted by atomic mass is 16.2. The SMILES string of the molecule is Cc1ccc(NC(=O)CNC(=O)c2ccc(C(C)(C)C)cc2)cc1C. The van der Waals surface area contributed by atoms with E-state index in [0.717, 1.165) is 16.8 Å². The highest BCUT2D eigenvalue weighted by Crippen LogP contribution is 2.22. The van der Waals surface area contributed by atoms with Crippen LogP contribution in [0, 0.1) is 13.8 Å². The summed E-state index contributed by atoms with van der Waals surface area (Å²) in [6.45, 7) is 10.3. The molecule has 0 aliphatic heterocycles. The van der Waals surface area contributed by atoms with Crippen molar-refractivity contribution in [3.8, 4) is 0 Å². The van der Waals surface area contributed by atoms with E-state index in [1.807, 2.05) is 44.2 Å². The molecule has 2 aromatic rings. The predicted molar refractivity (Wildman–Crippen MR) is 102 cm³/mol. The van der Waals surface area contributed by atoms with Gasteiger partial charge in [-0.05, 0) is 60.2 Å². The first-order valence-electron chi connectivity index (χ1n) is 8.42. The summed E-state index contributed by atoms with van der Waals surface area (Å²) >= 11 is 0. The Morgan fingerprint density at radius 2 is 1.56 bits per heavy atom. The van der Waals surface area contributed by atoms with Crippen LogP contribution in [0.4, 0.5) is 5.69 Å². The van der Waals surface area contributed by atoms with E-state index in [2.05, 4.69) is 31.4 Å². The number of anilines is 1. The highest BCUT2D eigenvalue weighted by Gasteiger charge is 2.14. The summed E-state index contributed by atoms with van der Waals surface area (Å²) in [7, 11) is 0. The fourth-order valence-corrected chi connectivity index (χ4v) is 2.41. The molecule has 25 heavy (non-hydrogen) atoms. The lowest BCUT2D eigenvalue weighted by Crippen LogP contribution is -2.32. The van der Waals surface area contributed by atoms with Crippen LogP contribution in [0.1, 0.15) is 47.8 Å². The van der Waals surface area contributed by atoms with E-state index in [9.17, 15) is 9.59 Å². The molecule has 0 fully saturated rings. The van der Waals surface area contributed by atoms with Crippen LogP contribution < -0.4 is 10.6 Å². The van der Waals surface area contributed by atoms with Crippen molar-refractivity contribution in [3.05, 3.63) is 64.7 Å². The van der Waals surface area contributed by atoms with E-state index in [-0.39, 0.29) is 23.8 Å². The van der Waals surface area contributed by atoms with E-state index in [1.54, 1.807) is 12.1 Å². The van der Waals surface area contributed by atoms with Crippen LogP contribution in [0.2, 0.25) is 0 Å². The summed E-state index contributed by atoms with van der Waals surface area (Å²) in [5.41, 5.74) is 4.77. The molecule has 0 atom stereocenters. The Morgan fingerprint density at radius 1 is 0.920 bits per heavy atom. The molecule has 2 aromatic carbocycles. The Bertz CT molecular complexity index is 771. The molecule has 0 aliphatic carbocycles. The van der Waals surface area contributed by atoms with Gasteiger partial charge in [-0.1, -0.05) is 39.0 Å². The smallest absolute Gasteiger partial charge is 0.251 e. The lowest BCUT2D eigenvalue weighted by Gasteiger charge is -2.19. The number of nitrogens with one attached hydrogen (secondary N) is 2.